The summed E-state index contributed by atoms with van der Waals surface area (Å²) in [6.45, 7) is 0. The zero-order chi connectivity index (χ0) is 43.0. The van der Waals surface area contributed by atoms with E-state index in [2.05, 4.69) is 203 Å². The van der Waals surface area contributed by atoms with Gasteiger partial charge in [0.15, 0.2) is 17.2 Å². The Kier molecular flexibility index (Phi) is 7.28. The van der Waals surface area contributed by atoms with E-state index in [0.717, 1.165) is 71.6 Å². The Bertz CT molecular complexity index is 4500. The standard InChI is InChI=1S/C59H33N5OS/c1-2-15-36-32-50-46(29-35(36)14-1)55-39-16-4-3-13-34(39)25-27-49(55)63(50)51-33-38(31-45-42-19-7-11-23-52(42)65-56(45)51)58-60-57(37-26-28-54-44(30-37)43-20-8-12-24-53(43)66-54)61-59(62-58)64-47-21-9-5-17-40(47)41-18-6-10-22-48(41)64/h1-33H. The van der Waals surface area contributed by atoms with Crippen molar-refractivity contribution in [3.63, 3.8) is 0 Å². The molecule has 0 radical (unpaired) electrons. The first-order chi connectivity index (χ1) is 32.7. The quantitative estimate of drug-likeness (QED) is 0.177. The second-order valence-corrected chi connectivity index (χ2v) is 18.2. The lowest BCUT2D eigenvalue weighted by molar-refractivity contribution is 0.666. The summed E-state index contributed by atoms with van der Waals surface area (Å²) in [7, 11) is 0. The number of hydrogen-bond acceptors (Lipinski definition) is 5. The monoisotopic (exact) mass is 859 g/mol. The van der Waals surface area contributed by atoms with E-state index in [0.29, 0.717) is 17.6 Å². The predicted molar refractivity (Wildman–Crippen MR) is 275 cm³/mol. The Labute approximate surface area is 379 Å². The van der Waals surface area contributed by atoms with Crippen LogP contribution >= 0.6 is 11.3 Å². The molecule has 15 rings (SSSR count). The average molecular weight is 860 g/mol. The van der Waals surface area contributed by atoms with Crippen molar-refractivity contribution in [2.45, 2.75) is 0 Å². The number of thiophene rings is 1. The van der Waals surface area contributed by atoms with Gasteiger partial charge in [0.05, 0.1) is 27.8 Å². The summed E-state index contributed by atoms with van der Waals surface area (Å²) >= 11 is 1.81. The summed E-state index contributed by atoms with van der Waals surface area (Å²) in [5.74, 6) is 1.72. The molecule has 0 unspecified atom stereocenters. The third-order valence-corrected chi connectivity index (χ3v) is 14.7. The maximum absolute atomic E-state index is 6.93. The zero-order valence-electron chi connectivity index (χ0n) is 35.1. The molecule has 0 saturated carbocycles. The number of furan rings is 1. The molecule has 0 N–H and O–H groups in total. The number of nitrogens with zero attached hydrogens (tertiary/aromatic N) is 5. The molecule has 0 fully saturated rings. The summed E-state index contributed by atoms with van der Waals surface area (Å²) < 4.78 is 14.0. The topological polar surface area (TPSA) is 61.7 Å². The van der Waals surface area contributed by atoms with Gasteiger partial charge in [-0.25, -0.2) is 4.98 Å². The van der Waals surface area contributed by atoms with Crippen LogP contribution in [0.4, 0.5) is 0 Å². The number of hydrogen-bond donors (Lipinski definition) is 0. The van der Waals surface area contributed by atoms with Crippen molar-refractivity contribution in [1.82, 2.24) is 24.1 Å². The molecule has 306 valence electrons. The van der Waals surface area contributed by atoms with Gasteiger partial charge in [-0.2, -0.15) is 9.97 Å². The molecule has 0 aliphatic heterocycles. The first-order valence-corrected chi connectivity index (χ1v) is 23.0. The largest absolute Gasteiger partial charge is 0.454 e. The summed E-state index contributed by atoms with van der Waals surface area (Å²) in [6.07, 6.45) is 0. The van der Waals surface area contributed by atoms with E-state index >= 15 is 0 Å². The number of benzene rings is 10. The van der Waals surface area contributed by atoms with Crippen LogP contribution in [0.5, 0.6) is 0 Å². The van der Waals surface area contributed by atoms with Crippen molar-refractivity contribution in [3.8, 4) is 34.4 Å². The number of aromatic nitrogens is 5. The fourth-order valence-corrected chi connectivity index (χ4v) is 11.6. The van der Waals surface area contributed by atoms with Crippen LogP contribution in [0.25, 0.3) is 142 Å². The lowest BCUT2D eigenvalue weighted by atomic mass is 10.0. The summed E-state index contributed by atoms with van der Waals surface area (Å²) in [4.78, 5) is 16.3. The van der Waals surface area contributed by atoms with Gasteiger partial charge in [0, 0.05) is 63.6 Å². The summed E-state index contributed by atoms with van der Waals surface area (Å²) in [6, 6.07) is 71.4. The number of fused-ring (bicyclic) bond motifs is 15. The molecule has 0 saturated heterocycles. The van der Waals surface area contributed by atoms with E-state index in [9.17, 15) is 0 Å². The number of para-hydroxylation sites is 3. The third kappa shape index (κ3) is 5.08. The molecule has 5 aromatic heterocycles. The molecule has 0 aliphatic rings. The maximum Gasteiger partial charge on any atom is 0.238 e. The van der Waals surface area contributed by atoms with Crippen molar-refractivity contribution < 1.29 is 4.42 Å². The second-order valence-electron chi connectivity index (χ2n) is 17.2. The van der Waals surface area contributed by atoms with E-state index in [4.69, 9.17) is 19.4 Å². The highest BCUT2D eigenvalue weighted by atomic mass is 32.1. The van der Waals surface area contributed by atoms with Gasteiger partial charge >= 0.3 is 0 Å². The number of rotatable bonds is 4. The molecule has 7 heteroatoms. The van der Waals surface area contributed by atoms with Crippen LogP contribution in [-0.4, -0.2) is 24.1 Å². The Morgan fingerprint density at radius 1 is 0.364 bits per heavy atom. The Hall–Kier alpha value is -8.65. The summed E-state index contributed by atoms with van der Waals surface area (Å²) in [5.41, 5.74) is 8.56. The molecule has 0 aliphatic carbocycles. The van der Waals surface area contributed by atoms with Crippen LogP contribution < -0.4 is 0 Å². The van der Waals surface area contributed by atoms with Crippen molar-refractivity contribution in [3.05, 3.63) is 200 Å². The molecule has 5 heterocycles. The fourth-order valence-electron chi connectivity index (χ4n) is 10.6. The first kappa shape index (κ1) is 35.8. The second kappa shape index (κ2) is 13.4. The zero-order valence-corrected chi connectivity index (χ0v) is 35.9. The van der Waals surface area contributed by atoms with Gasteiger partial charge in [-0.3, -0.25) is 4.57 Å². The van der Waals surface area contributed by atoms with E-state index in [1.807, 2.05) is 6.07 Å². The Morgan fingerprint density at radius 2 is 0.985 bits per heavy atom. The normalized spacial score (nSPS) is 12.2. The first-order valence-electron chi connectivity index (χ1n) is 22.2. The van der Waals surface area contributed by atoms with Gasteiger partial charge in [0.1, 0.15) is 5.58 Å². The molecular weight excluding hydrogens is 827 g/mol. The SMILES string of the molecule is c1ccc2cc3c(cc2c1)c1c2ccccc2ccc1n3-c1cc(-c2nc(-c3ccc4sc5ccccc5c4c3)nc(-n3c4ccccc4c4ccccc43)n2)cc2c1oc1ccccc12. The van der Waals surface area contributed by atoms with Gasteiger partial charge in [-0.1, -0.05) is 127 Å². The predicted octanol–water partition coefficient (Wildman–Crippen LogP) is 16.0. The van der Waals surface area contributed by atoms with Crippen molar-refractivity contribution in [1.29, 1.82) is 0 Å². The van der Waals surface area contributed by atoms with Crippen LogP contribution in [0.15, 0.2) is 205 Å². The molecule has 10 aromatic carbocycles. The average Bonchev–Trinajstić information content (AvgIpc) is 4.13. The minimum absolute atomic E-state index is 0.552. The fraction of sp³-hybridized carbons (Fsp3) is 0. The van der Waals surface area contributed by atoms with Crippen molar-refractivity contribution in [2.24, 2.45) is 0 Å². The van der Waals surface area contributed by atoms with E-state index < -0.39 is 0 Å². The smallest absolute Gasteiger partial charge is 0.238 e. The van der Waals surface area contributed by atoms with Crippen LogP contribution in [0.2, 0.25) is 0 Å². The van der Waals surface area contributed by atoms with Gasteiger partial charge < -0.3 is 8.98 Å². The highest BCUT2D eigenvalue weighted by molar-refractivity contribution is 7.25. The van der Waals surface area contributed by atoms with E-state index in [-0.39, 0.29) is 0 Å². The van der Waals surface area contributed by atoms with Crippen molar-refractivity contribution >= 4 is 119 Å². The maximum atomic E-state index is 6.93. The lowest BCUT2D eigenvalue weighted by Gasteiger charge is -2.14. The minimum Gasteiger partial charge on any atom is -0.454 e. The molecular formula is C59H33N5OS. The van der Waals surface area contributed by atoms with E-state index in [1.165, 1.54) is 52.5 Å². The van der Waals surface area contributed by atoms with Crippen LogP contribution in [-0.2, 0) is 0 Å². The minimum atomic E-state index is 0.552. The Morgan fingerprint density at radius 3 is 1.79 bits per heavy atom. The molecule has 0 bridgehead atoms. The third-order valence-electron chi connectivity index (χ3n) is 13.5. The van der Waals surface area contributed by atoms with Gasteiger partial charge in [-0.15, -0.1) is 11.3 Å². The van der Waals surface area contributed by atoms with Crippen LogP contribution in [0, 0.1) is 0 Å². The Balaban J connectivity index is 1.07. The molecule has 0 atom stereocenters. The van der Waals surface area contributed by atoms with Gasteiger partial charge in [0.2, 0.25) is 5.95 Å². The van der Waals surface area contributed by atoms with Crippen LogP contribution in [0.1, 0.15) is 0 Å². The van der Waals surface area contributed by atoms with E-state index in [1.54, 1.807) is 11.3 Å². The highest BCUT2D eigenvalue weighted by Gasteiger charge is 2.24. The lowest BCUT2D eigenvalue weighted by Crippen LogP contribution is -2.06. The summed E-state index contributed by atoms with van der Waals surface area (Å²) in [5, 5.41) is 13.9. The molecule has 0 spiro atoms. The van der Waals surface area contributed by atoms with Crippen LogP contribution in [0.3, 0.4) is 0 Å². The molecule has 0 amide bonds. The van der Waals surface area contributed by atoms with Gasteiger partial charge in [0.25, 0.3) is 0 Å². The highest BCUT2D eigenvalue weighted by Crippen LogP contribution is 2.44. The van der Waals surface area contributed by atoms with Crippen molar-refractivity contribution in [2.75, 3.05) is 0 Å². The molecule has 6 nitrogen and oxygen atoms in total. The molecule has 15 aromatic rings. The van der Waals surface area contributed by atoms with Gasteiger partial charge in [-0.05, 0) is 94.3 Å². The molecule has 66 heavy (non-hydrogen) atoms.